The number of hydrogen-bond donors (Lipinski definition) is 0. The second kappa shape index (κ2) is 23.0. The van der Waals surface area contributed by atoms with Crippen LogP contribution in [0.2, 0.25) is 0 Å². The maximum Gasteiger partial charge on any atom is 0.252 e. The van der Waals surface area contributed by atoms with E-state index < -0.39 is 0 Å². The van der Waals surface area contributed by atoms with Gasteiger partial charge in [-0.3, -0.25) is 0 Å². The molecule has 0 radical (unpaired) electrons. The molecule has 0 N–H and O–H groups in total. The number of rotatable bonds is 10. The van der Waals surface area contributed by atoms with Gasteiger partial charge in [-0.05, 0) is 171 Å². The highest BCUT2D eigenvalue weighted by Crippen LogP contribution is 2.65. The van der Waals surface area contributed by atoms with Crippen LogP contribution in [0.5, 0.6) is 0 Å². The van der Waals surface area contributed by atoms with E-state index in [0.29, 0.717) is 0 Å². The summed E-state index contributed by atoms with van der Waals surface area (Å²) in [6.45, 7) is -0.369. The van der Waals surface area contributed by atoms with Crippen LogP contribution in [0.1, 0.15) is 0 Å². The summed E-state index contributed by atoms with van der Waals surface area (Å²) in [5.41, 5.74) is 38.1. The van der Waals surface area contributed by atoms with Crippen LogP contribution >= 0.6 is 11.3 Å². The minimum Gasteiger partial charge on any atom is -0.311 e. The van der Waals surface area contributed by atoms with Crippen LogP contribution in [0.3, 0.4) is 0 Å². The first-order valence-electron chi connectivity index (χ1n) is 34.9. The number of benzene rings is 15. The van der Waals surface area contributed by atoms with Crippen molar-refractivity contribution in [2.24, 2.45) is 0 Å². The molecule has 0 fully saturated rings. The van der Waals surface area contributed by atoms with Crippen LogP contribution < -0.4 is 52.4 Å². The topological polar surface area (TPSA) is 13.0 Å². The van der Waals surface area contributed by atoms with Gasteiger partial charge in [-0.15, -0.1) is 11.3 Å². The largest absolute Gasteiger partial charge is 0.311 e. The van der Waals surface area contributed by atoms with Crippen LogP contribution in [-0.2, 0) is 0 Å². The molecule has 15 aromatic carbocycles. The van der Waals surface area contributed by atoms with E-state index in [2.05, 4.69) is 384 Å². The van der Waals surface area contributed by atoms with Crippen molar-refractivity contribution in [1.29, 1.82) is 0 Å². The van der Waals surface area contributed by atoms with Crippen LogP contribution in [0.4, 0.5) is 68.2 Å². The molecule has 0 unspecified atom stereocenters. The standard InChI is InChI=1S/C94H60B2N4S/c1-9-25-61(26-10-1)67-41-47-75(48-42-67)97-81-54-46-71(63-29-13-3-14-30-63)55-80(81)96-79-53-52-78-89-90(79)100(86-60-73(57-83(97)88(86)96)65-33-17-5-18-34-65)92-91(93(69-37-21-7-22-38-69)101-94(92)70-39-23-8-24-40-70)99(89)85-59-74(66-35-19-6-20-36-66)58-84-87(85)95(78)77-51-45-72(64-31-15-4-16-32-64)56-82(77)98(84)76-49-43-68(44-50-76)62-27-11-2-12-28-62/h1-60H. The van der Waals surface area contributed by atoms with Gasteiger partial charge in [0, 0.05) is 45.5 Å². The van der Waals surface area contributed by atoms with Crippen LogP contribution in [0, 0.1) is 0 Å². The Morgan fingerprint density at radius 2 is 0.455 bits per heavy atom. The summed E-state index contributed by atoms with van der Waals surface area (Å²) < 4.78 is 0. The summed E-state index contributed by atoms with van der Waals surface area (Å²) in [4.78, 5) is 13.1. The molecule has 468 valence electrons. The quantitative estimate of drug-likeness (QED) is 0.127. The minimum atomic E-state index is -0.190. The van der Waals surface area contributed by atoms with Gasteiger partial charge in [0.05, 0.1) is 32.5 Å². The predicted molar refractivity (Wildman–Crippen MR) is 429 cm³/mol. The zero-order chi connectivity index (χ0) is 66.2. The van der Waals surface area contributed by atoms with Crippen molar-refractivity contribution >= 4 is 126 Å². The van der Waals surface area contributed by atoms with Crippen molar-refractivity contribution < 1.29 is 0 Å². The Bertz CT molecular complexity index is 5940. The molecular formula is C94H60B2N4S. The first kappa shape index (κ1) is 57.4. The van der Waals surface area contributed by atoms with Crippen LogP contribution in [-0.4, -0.2) is 13.4 Å². The van der Waals surface area contributed by atoms with Gasteiger partial charge in [0.1, 0.15) is 0 Å². The van der Waals surface area contributed by atoms with Crippen molar-refractivity contribution in [2.45, 2.75) is 0 Å². The van der Waals surface area contributed by atoms with Crippen molar-refractivity contribution in [3.63, 3.8) is 0 Å². The molecule has 0 atom stereocenters. The second-order valence-corrected chi connectivity index (χ2v) is 28.1. The van der Waals surface area contributed by atoms with Gasteiger partial charge in [-0.1, -0.05) is 303 Å². The fourth-order valence-electron chi connectivity index (χ4n) is 17.1. The van der Waals surface area contributed by atoms with E-state index in [1.807, 2.05) is 11.3 Å². The van der Waals surface area contributed by atoms with Gasteiger partial charge in [-0.2, -0.15) is 0 Å². The predicted octanol–water partition coefficient (Wildman–Crippen LogP) is 21.6. The molecule has 101 heavy (non-hydrogen) atoms. The SMILES string of the molecule is c1ccc(-c2ccc(N3c4ccc(-c5ccccc5)cc4B4c5ccc6c7c5N(c5cc(-c8ccccc8)cc3c54)c3c(-c4ccccc4)sc(-c4ccccc4)c3N7c3cc(-c4ccccc4)cc4c3B6c3ccc(-c5ccccc5)cc3N4c3ccc(-c4ccccc4)cc3)cc2)cc1. The third-order valence-corrected chi connectivity index (χ3v) is 22.8. The van der Waals surface area contributed by atoms with Crippen molar-refractivity contribution in [1.82, 2.24) is 0 Å². The molecule has 6 heterocycles. The normalized spacial score (nSPS) is 13.0. The van der Waals surface area contributed by atoms with Crippen molar-refractivity contribution in [3.8, 4) is 87.6 Å². The fraction of sp³-hybridized carbons (Fsp3) is 0. The molecule has 5 aliphatic heterocycles. The average molecular weight is 1300 g/mol. The van der Waals surface area contributed by atoms with E-state index >= 15 is 0 Å². The van der Waals surface area contributed by atoms with E-state index in [1.54, 1.807) is 0 Å². The summed E-state index contributed by atoms with van der Waals surface area (Å²) in [5.74, 6) is 0. The van der Waals surface area contributed by atoms with Gasteiger partial charge >= 0.3 is 0 Å². The third-order valence-electron chi connectivity index (χ3n) is 21.5. The molecule has 21 rings (SSSR count). The molecule has 7 heteroatoms. The summed E-state index contributed by atoms with van der Waals surface area (Å²) in [5, 5.41) is 0. The monoisotopic (exact) mass is 1300 g/mol. The van der Waals surface area contributed by atoms with E-state index in [4.69, 9.17) is 0 Å². The lowest BCUT2D eigenvalue weighted by Gasteiger charge is -2.52. The lowest BCUT2D eigenvalue weighted by Crippen LogP contribution is -2.65. The molecule has 1 aromatic heterocycles. The molecule has 0 aliphatic carbocycles. The Morgan fingerprint density at radius 1 is 0.178 bits per heavy atom. The molecule has 5 aliphatic rings. The molecule has 0 bridgehead atoms. The van der Waals surface area contributed by atoms with Gasteiger partial charge in [0.15, 0.2) is 0 Å². The Labute approximate surface area is 593 Å². The molecule has 0 spiro atoms. The molecular weight excluding hydrogens is 1240 g/mol. The maximum absolute atomic E-state index is 2.77. The fourth-order valence-corrected chi connectivity index (χ4v) is 18.3. The number of fused-ring (bicyclic) bond motifs is 11. The highest BCUT2D eigenvalue weighted by atomic mass is 32.1. The smallest absolute Gasteiger partial charge is 0.252 e. The van der Waals surface area contributed by atoms with Gasteiger partial charge in [-0.25, -0.2) is 0 Å². The highest BCUT2D eigenvalue weighted by Gasteiger charge is 2.54. The number of thiophene rings is 1. The lowest BCUT2D eigenvalue weighted by atomic mass is 9.30. The highest BCUT2D eigenvalue weighted by molar-refractivity contribution is 7.20. The van der Waals surface area contributed by atoms with Gasteiger partial charge in [0.2, 0.25) is 0 Å². The first-order chi connectivity index (χ1) is 50.1. The zero-order valence-electron chi connectivity index (χ0n) is 55.0. The summed E-state index contributed by atoms with van der Waals surface area (Å²) in [7, 11) is 0. The van der Waals surface area contributed by atoms with Gasteiger partial charge < -0.3 is 19.6 Å². The molecule has 0 saturated heterocycles. The Kier molecular flexibility index (Phi) is 13.1. The van der Waals surface area contributed by atoms with E-state index in [0.717, 1.165) is 39.3 Å². The number of nitrogens with zero attached hydrogens (tertiary/aromatic N) is 4. The second-order valence-electron chi connectivity index (χ2n) is 27.0. The molecule has 0 amide bonds. The average Bonchev–Trinajstić information content (AvgIpc) is 1.63. The Morgan fingerprint density at radius 3 is 0.851 bits per heavy atom. The first-order valence-corrected chi connectivity index (χ1v) is 35.8. The molecule has 16 aromatic rings. The van der Waals surface area contributed by atoms with Crippen molar-refractivity contribution in [2.75, 3.05) is 19.6 Å². The lowest BCUT2D eigenvalue weighted by molar-refractivity contribution is 1.18. The number of hydrogen-bond acceptors (Lipinski definition) is 5. The van der Waals surface area contributed by atoms with E-state index in [1.165, 1.54) is 149 Å². The van der Waals surface area contributed by atoms with Crippen LogP contribution in [0.25, 0.3) is 87.6 Å². The van der Waals surface area contributed by atoms with E-state index in [9.17, 15) is 0 Å². The van der Waals surface area contributed by atoms with E-state index in [-0.39, 0.29) is 13.4 Å². The maximum atomic E-state index is 2.77. The zero-order valence-corrected chi connectivity index (χ0v) is 55.8. The minimum absolute atomic E-state index is 0.179. The molecule has 0 saturated carbocycles. The summed E-state index contributed by atoms with van der Waals surface area (Å²) in [6.07, 6.45) is 0. The van der Waals surface area contributed by atoms with Crippen molar-refractivity contribution in [3.05, 3.63) is 364 Å². The molecule has 4 nitrogen and oxygen atoms in total. The number of anilines is 12. The Balaban J connectivity index is 0.904. The summed E-state index contributed by atoms with van der Waals surface area (Å²) in [6, 6.07) is 136. The summed E-state index contributed by atoms with van der Waals surface area (Å²) >= 11 is 1.92. The Hall–Kier alpha value is -12.7. The third kappa shape index (κ3) is 8.96. The van der Waals surface area contributed by atoms with Gasteiger partial charge in [0.25, 0.3) is 13.4 Å². The van der Waals surface area contributed by atoms with Crippen LogP contribution in [0.15, 0.2) is 364 Å².